The van der Waals surface area contributed by atoms with Crippen LogP contribution >= 0.6 is 0 Å². The van der Waals surface area contributed by atoms with Gasteiger partial charge in [-0.05, 0) is 37.6 Å². The van der Waals surface area contributed by atoms with Crippen LogP contribution in [0.25, 0.3) is 11.0 Å². The molecular weight excluding hydrogens is 378 g/mol. The van der Waals surface area contributed by atoms with Gasteiger partial charge in [-0.15, -0.1) is 0 Å². The van der Waals surface area contributed by atoms with Crippen LogP contribution in [0.5, 0.6) is 5.75 Å². The lowest BCUT2D eigenvalue weighted by atomic mass is 10.00. The summed E-state index contributed by atoms with van der Waals surface area (Å²) in [4.78, 5) is 16.8. The van der Waals surface area contributed by atoms with Gasteiger partial charge in [-0.2, -0.15) is 0 Å². The van der Waals surface area contributed by atoms with Crippen LogP contribution in [-0.4, -0.2) is 29.8 Å². The van der Waals surface area contributed by atoms with Crippen LogP contribution in [0, 0.1) is 0 Å². The van der Waals surface area contributed by atoms with E-state index in [1.54, 1.807) is 31.2 Å². The van der Waals surface area contributed by atoms with Crippen LogP contribution in [0.15, 0.2) is 65.8 Å². The Bertz CT molecular complexity index is 1150. The molecule has 0 bridgehead atoms. The quantitative estimate of drug-likeness (QED) is 0.613. The van der Waals surface area contributed by atoms with Crippen molar-refractivity contribution in [2.24, 2.45) is 5.73 Å². The van der Waals surface area contributed by atoms with Crippen molar-refractivity contribution in [1.29, 1.82) is 0 Å². The van der Waals surface area contributed by atoms with Crippen LogP contribution in [-0.2, 0) is 14.8 Å². The van der Waals surface area contributed by atoms with Crippen LogP contribution in [0.4, 0.5) is 0 Å². The SMILES string of the molecule is C=C(C)C(=O)C(N)c1cn(S(=O)(=O)c2ccccc2)c2nccc(OCC)c12. The zero-order valence-electron chi connectivity index (χ0n) is 15.6. The fraction of sp³-hybridized carbons (Fsp3) is 0.200. The van der Waals surface area contributed by atoms with Crippen molar-refractivity contribution in [3.63, 3.8) is 0 Å². The van der Waals surface area contributed by atoms with E-state index in [-0.39, 0.29) is 21.9 Å². The number of Topliss-reactive ketones (excluding diaryl/α,β-unsaturated/α-hetero) is 1. The maximum atomic E-state index is 13.2. The van der Waals surface area contributed by atoms with Gasteiger partial charge in [0.05, 0.1) is 22.9 Å². The molecule has 7 nitrogen and oxygen atoms in total. The Balaban J connectivity index is 2.33. The smallest absolute Gasteiger partial charge is 0.269 e. The number of nitrogens with zero attached hydrogens (tertiary/aromatic N) is 2. The molecule has 1 aromatic carbocycles. The molecule has 2 N–H and O–H groups in total. The van der Waals surface area contributed by atoms with E-state index >= 15 is 0 Å². The number of rotatable bonds is 7. The average Bonchev–Trinajstić information content (AvgIpc) is 3.09. The van der Waals surface area contributed by atoms with E-state index in [1.807, 2.05) is 6.92 Å². The Morgan fingerprint density at radius 3 is 2.57 bits per heavy atom. The van der Waals surface area contributed by atoms with Gasteiger partial charge < -0.3 is 10.5 Å². The van der Waals surface area contributed by atoms with Crippen molar-refractivity contribution >= 4 is 26.8 Å². The summed E-state index contributed by atoms with van der Waals surface area (Å²) in [5.74, 6) is 0.0249. The number of benzene rings is 1. The van der Waals surface area contributed by atoms with E-state index < -0.39 is 16.1 Å². The fourth-order valence-electron chi connectivity index (χ4n) is 2.93. The summed E-state index contributed by atoms with van der Waals surface area (Å²) in [6.45, 7) is 7.37. The summed E-state index contributed by atoms with van der Waals surface area (Å²) >= 11 is 0. The normalized spacial score (nSPS) is 12.7. The molecule has 0 amide bonds. The molecule has 0 aliphatic carbocycles. The van der Waals surface area contributed by atoms with Crippen molar-refractivity contribution in [3.05, 3.63) is 66.5 Å². The van der Waals surface area contributed by atoms with Gasteiger partial charge in [0.25, 0.3) is 10.0 Å². The minimum absolute atomic E-state index is 0.0989. The lowest BCUT2D eigenvalue weighted by Crippen LogP contribution is -2.22. The Labute approximate surface area is 163 Å². The Morgan fingerprint density at radius 2 is 1.96 bits per heavy atom. The van der Waals surface area contributed by atoms with Crippen molar-refractivity contribution in [1.82, 2.24) is 8.96 Å². The molecule has 0 saturated carbocycles. The first kappa shape index (κ1) is 19.8. The third kappa shape index (κ3) is 3.32. The molecule has 146 valence electrons. The zero-order valence-corrected chi connectivity index (χ0v) is 16.4. The first-order valence-electron chi connectivity index (χ1n) is 8.67. The number of aromatic nitrogens is 2. The summed E-state index contributed by atoms with van der Waals surface area (Å²) in [5.41, 5.74) is 6.91. The highest BCUT2D eigenvalue weighted by atomic mass is 32.2. The highest BCUT2D eigenvalue weighted by Crippen LogP contribution is 2.35. The molecule has 2 heterocycles. The van der Waals surface area contributed by atoms with Crippen LogP contribution in [0.1, 0.15) is 25.5 Å². The monoisotopic (exact) mass is 399 g/mol. The molecule has 28 heavy (non-hydrogen) atoms. The minimum atomic E-state index is -3.95. The second-order valence-electron chi connectivity index (χ2n) is 6.26. The van der Waals surface area contributed by atoms with Gasteiger partial charge in [-0.1, -0.05) is 24.8 Å². The summed E-state index contributed by atoms with van der Waals surface area (Å²) in [6.07, 6.45) is 2.80. The highest BCUT2D eigenvalue weighted by molar-refractivity contribution is 7.90. The predicted molar refractivity (Wildman–Crippen MR) is 107 cm³/mol. The molecule has 8 heteroatoms. The number of ether oxygens (including phenoxy) is 1. The van der Waals surface area contributed by atoms with E-state index in [4.69, 9.17) is 10.5 Å². The van der Waals surface area contributed by atoms with E-state index in [1.165, 1.54) is 24.5 Å². The van der Waals surface area contributed by atoms with Gasteiger partial charge in [0.1, 0.15) is 5.75 Å². The van der Waals surface area contributed by atoms with E-state index in [9.17, 15) is 13.2 Å². The molecule has 0 aliphatic rings. The maximum Gasteiger partial charge on any atom is 0.269 e. The number of nitrogens with two attached hydrogens (primary N) is 1. The first-order valence-corrected chi connectivity index (χ1v) is 10.1. The lowest BCUT2D eigenvalue weighted by molar-refractivity contribution is -0.116. The van der Waals surface area contributed by atoms with Gasteiger partial charge in [0.2, 0.25) is 0 Å². The summed E-state index contributed by atoms with van der Waals surface area (Å²) in [5, 5.41) is 0.394. The Morgan fingerprint density at radius 1 is 1.29 bits per heavy atom. The zero-order chi connectivity index (χ0) is 20.5. The van der Waals surface area contributed by atoms with Crippen LogP contribution in [0.3, 0.4) is 0 Å². The number of carbonyl (C=O) groups excluding carboxylic acids is 1. The molecule has 0 radical (unpaired) electrons. The molecule has 3 rings (SSSR count). The number of fused-ring (bicyclic) bond motifs is 1. The molecule has 2 aromatic heterocycles. The molecule has 3 aromatic rings. The topological polar surface area (TPSA) is 104 Å². The second kappa shape index (κ2) is 7.57. The fourth-order valence-corrected chi connectivity index (χ4v) is 4.28. The van der Waals surface area contributed by atoms with Gasteiger partial charge in [0.15, 0.2) is 11.4 Å². The van der Waals surface area contributed by atoms with Gasteiger partial charge in [-0.25, -0.2) is 17.4 Å². The predicted octanol–water partition coefficient (Wildman–Crippen LogP) is 2.82. The maximum absolute atomic E-state index is 13.2. The minimum Gasteiger partial charge on any atom is -0.493 e. The standard InChI is InChI=1S/C20H21N3O4S/c1-4-27-16-10-11-22-20-17(16)15(18(21)19(24)13(2)3)12-23(20)28(25,26)14-8-6-5-7-9-14/h5-12,18H,2,4,21H2,1,3H3. The average molecular weight is 399 g/mol. The summed E-state index contributed by atoms with van der Waals surface area (Å²) in [7, 11) is -3.95. The molecular formula is C20H21N3O4S. The van der Waals surface area contributed by atoms with E-state index in [0.717, 1.165) is 3.97 Å². The van der Waals surface area contributed by atoms with Crippen molar-refractivity contribution < 1.29 is 17.9 Å². The third-order valence-corrected chi connectivity index (χ3v) is 5.95. The van der Waals surface area contributed by atoms with Crippen molar-refractivity contribution in [2.75, 3.05) is 6.61 Å². The van der Waals surface area contributed by atoms with Gasteiger partial charge in [0, 0.05) is 18.0 Å². The Hall–Kier alpha value is -2.97. The van der Waals surface area contributed by atoms with Crippen molar-refractivity contribution in [2.45, 2.75) is 24.8 Å². The number of hydrogen-bond acceptors (Lipinski definition) is 6. The molecule has 0 spiro atoms. The number of ketones is 1. The third-order valence-electron chi connectivity index (χ3n) is 4.28. The van der Waals surface area contributed by atoms with Crippen molar-refractivity contribution in [3.8, 4) is 5.75 Å². The molecule has 1 unspecified atom stereocenters. The summed E-state index contributed by atoms with van der Waals surface area (Å²) in [6, 6.07) is 8.51. The molecule has 0 fully saturated rings. The number of hydrogen-bond donors (Lipinski definition) is 1. The van der Waals surface area contributed by atoms with E-state index in [0.29, 0.717) is 23.3 Å². The molecule has 0 saturated heterocycles. The molecule has 0 aliphatic heterocycles. The van der Waals surface area contributed by atoms with Gasteiger partial charge >= 0.3 is 0 Å². The first-order chi connectivity index (χ1) is 13.3. The lowest BCUT2D eigenvalue weighted by Gasteiger charge is -2.11. The van der Waals surface area contributed by atoms with Crippen LogP contribution < -0.4 is 10.5 Å². The number of pyridine rings is 1. The van der Waals surface area contributed by atoms with Gasteiger partial charge in [-0.3, -0.25) is 4.79 Å². The highest BCUT2D eigenvalue weighted by Gasteiger charge is 2.28. The second-order valence-corrected chi connectivity index (χ2v) is 8.08. The summed E-state index contributed by atoms with van der Waals surface area (Å²) < 4.78 is 33.1. The largest absolute Gasteiger partial charge is 0.493 e. The van der Waals surface area contributed by atoms with E-state index in [2.05, 4.69) is 11.6 Å². The Kier molecular flexibility index (Phi) is 5.35. The number of carbonyl (C=O) groups is 1. The molecule has 1 atom stereocenters. The van der Waals surface area contributed by atoms with Crippen LogP contribution in [0.2, 0.25) is 0 Å².